The highest BCUT2D eigenvalue weighted by Gasteiger charge is 2.45. The van der Waals surface area contributed by atoms with Gasteiger partial charge in [0.15, 0.2) is 11.6 Å². The number of nitrogens with one attached hydrogen (secondary N) is 1. The largest absolute Gasteiger partial charge is 0.491 e. The van der Waals surface area contributed by atoms with Crippen LogP contribution >= 0.6 is 0 Å². The molecule has 276 valence electrons. The van der Waals surface area contributed by atoms with Gasteiger partial charge in [0.05, 0.1) is 18.2 Å². The Bertz CT molecular complexity index is 1700. The molecule has 1 amide bonds. The number of carboxylic acid groups (broad SMARTS) is 1. The number of carboxylic acids is 1. The SMILES string of the molecule is C=C(/C=C\C(F)=C\C(F)(F)F)C(=O)N[C@@](CC1C=CC=CC1)(c1cc(F)cc(OC(F)(F)C(F)F)c1)c1ccc(F)c(OCCCCC(=O)O)c1. The average molecular weight is 736 g/mol. The molecule has 51 heavy (non-hydrogen) atoms. The molecule has 1 unspecified atom stereocenters. The minimum absolute atomic E-state index is 0.0853. The number of benzene rings is 2. The van der Waals surface area contributed by atoms with Crippen LogP contribution in [0.1, 0.15) is 43.2 Å². The third-order valence-corrected chi connectivity index (χ3v) is 7.34. The van der Waals surface area contributed by atoms with E-state index in [0.29, 0.717) is 24.6 Å². The summed E-state index contributed by atoms with van der Waals surface area (Å²) in [6.45, 7) is 3.26. The van der Waals surface area contributed by atoms with E-state index in [4.69, 9.17) is 9.84 Å². The first kappa shape index (κ1) is 40.4. The number of alkyl halides is 7. The van der Waals surface area contributed by atoms with E-state index < -0.39 is 88.2 Å². The summed E-state index contributed by atoms with van der Waals surface area (Å²) in [5.74, 6) is -8.36. The van der Waals surface area contributed by atoms with E-state index in [1.165, 1.54) is 0 Å². The molecule has 0 saturated heterocycles. The Morgan fingerprint density at radius 3 is 2.35 bits per heavy atom. The molecule has 3 rings (SSSR count). The predicted molar refractivity (Wildman–Crippen MR) is 165 cm³/mol. The van der Waals surface area contributed by atoms with Crippen LogP contribution in [-0.2, 0) is 15.1 Å². The van der Waals surface area contributed by atoms with Crippen LogP contribution in [0.15, 0.2) is 96.9 Å². The zero-order chi connectivity index (χ0) is 38.0. The van der Waals surface area contributed by atoms with E-state index in [1.54, 1.807) is 24.3 Å². The molecule has 2 aromatic carbocycles. The monoisotopic (exact) mass is 735 g/mol. The van der Waals surface area contributed by atoms with Crippen LogP contribution in [0.3, 0.4) is 0 Å². The molecule has 1 aliphatic rings. The van der Waals surface area contributed by atoms with Crippen LogP contribution in [0.2, 0.25) is 0 Å². The molecule has 2 aromatic rings. The second kappa shape index (κ2) is 17.3. The molecule has 2 atom stereocenters. The highest BCUT2D eigenvalue weighted by atomic mass is 19.4. The predicted octanol–water partition coefficient (Wildman–Crippen LogP) is 9.25. The summed E-state index contributed by atoms with van der Waals surface area (Å²) < 4.78 is 145. The van der Waals surface area contributed by atoms with Gasteiger partial charge in [-0.05, 0) is 79.1 Å². The fraction of sp³-hybridized carbons (Fsp3) is 0.314. The molecule has 2 N–H and O–H groups in total. The number of hydrogen-bond acceptors (Lipinski definition) is 4. The lowest BCUT2D eigenvalue weighted by atomic mass is 9.74. The molecule has 0 saturated carbocycles. The van der Waals surface area contributed by atoms with Crippen LogP contribution in [-0.4, -0.2) is 42.3 Å². The van der Waals surface area contributed by atoms with E-state index in [1.807, 2.05) is 0 Å². The Labute approximate surface area is 285 Å². The minimum Gasteiger partial charge on any atom is -0.491 e. The average Bonchev–Trinajstić information content (AvgIpc) is 3.02. The Hall–Kier alpha value is -5.02. The van der Waals surface area contributed by atoms with Gasteiger partial charge in [-0.2, -0.15) is 30.7 Å². The highest BCUT2D eigenvalue weighted by Crippen LogP contribution is 2.42. The van der Waals surface area contributed by atoms with Crippen LogP contribution < -0.4 is 14.8 Å². The summed E-state index contributed by atoms with van der Waals surface area (Å²) in [4.78, 5) is 24.5. The van der Waals surface area contributed by atoms with Crippen molar-refractivity contribution >= 4 is 11.9 Å². The Morgan fingerprint density at radius 2 is 1.73 bits per heavy atom. The summed E-state index contributed by atoms with van der Waals surface area (Å²) >= 11 is 0. The van der Waals surface area contributed by atoms with Crippen LogP contribution in [0.4, 0.5) is 43.9 Å². The molecule has 0 fully saturated rings. The molecule has 0 radical (unpaired) electrons. The number of unbranched alkanes of at least 4 members (excludes halogenated alkanes) is 1. The van der Waals surface area contributed by atoms with Gasteiger partial charge in [-0.1, -0.05) is 36.9 Å². The fourth-order valence-corrected chi connectivity index (χ4v) is 5.02. The lowest BCUT2D eigenvalue weighted by molar-refractivity contribution is -0.253. The lowest BCUT2D eigenvalue weighted by Crippen LogP contribution is -2.48. The topological polar surface area (TPSA) is 84.9 Å². The zero-order valence-electron chi connectivity index (χ0n) is 26.5. The fourth-order valence-electron chi connectivity index (χ4n) is 5.02. The van der Waals surface area contributed by atoms with Gasteiger partial charge in [-0.25, -0.2) is 13.2 Å². The first-order chi connectivity index (χ1) is 23.8. The van der Waals surface area contributed by atoms with Gasteiger partial charge in [0, 0.05) is 18.1 Å². The first-order valence-electron chi connectivity index (χ1n) is 15.1. The highest BCUT2D eigenvalue weighted by molar-refractivity contribution is 5.96. The minimum atomic E-state index is -5.08. The maximum absolute atomic E-state index is 15.2. The van der Waals surface area contributed by atoms with Gasteiger partial charge >= 0.3 is 24.7 Å². The van der Waals surface area contributed by atoms with Crippen LogP contribution in [0, 0.1) is 17.6 Å². The number of halogens is 10. The molecule has 0 heterocycles. The molecule has 0 aliphatic heterocycles. The normalized spacial score (nSPS) is 16.3. The summed E-state index contributed by atoms with van der Waals surface area (Å²) in [5.41, 5.74) is -3.22. The third kappa shape index (κ3) is 12.1. The van der Waals surface area contributed by atoms with Gasteiger partial charge < -0.3 is 19.9 Å². The number of rotatable bonds is 17. The van der Waals surface area contributed by atoms with Gasteiger partial charge in [0.2, 0.25) is 0 Å². The van der Waals surface area contributed by atoms with Crippen molar-refractivity contribution in [2.45, 2.75) is 56.4 Å². The van der Waals surface area contributed by atoms with Crippen molar-refractivity contribution < 1.29 is 68.1 Å². The smallest absolute Gasteiger partial charge is 0.461 e. The van der Waals surface area contributed by atoms with Crippen molar-refractivity contribution in [3.8, 4) is 11.5 Å². The van der Waals surface area contributed by atoms with Gasteiger partial charge in [0.25, 0.3) is 5.91 Å². The maximum atomic E-state index is 15.2. The molecular weight excluding hydrogens is 704 g/mol. The number of ether oxygens (including phenoxy) is 2. The van der Waals surface area contributed by atoms with Crippen molar-refractivity contribution in [2.24, 2.45) is 5.92 Å². The Kier molecular flexibility index (Phi) is 13.7. The van der Waals surface area contributed by atoms with Crippen LogP contribution in [0.25, 0.3) is 0 Å². The standard InChI is InChI=1S/C35H31F10NO5/c1-21(10-12-25(36)20-34(41,42)43)31(49)46-33(19-22-7-3-2-4-8-22,24-15-26(37)18-27(16-24)51-35(44,45)32(39)40)23-11-13-28(38)29(17-23)50-14-6-5-9-30(47)48/h2-4,7,10-13,15-18,20,22,32H,1,5-6,8-9,14,19H2,(H,46,49)(H,47,48)/b12-10-,25-20-/t22?,33-/m1/s1. The Morgan fingerprint density at radius 1 is 1.00 bits per heavy atom. The van der Waals surface area contributed by atoms with E-state index >= 15 is 8.78 Å². The van der Waals surface area contributed by atoms with E-state index in [0.717, 1.165) is 30.3 Å². The zero-order valence-corrected chi connectivity index (χ0v) is 26.5. The van der Waals surface area contributed by atoms with E-state index in [9.17, 15) is 44.7 Å². The first-order valence-corrected chi connectivity index (χ1v) is 15.1. The Balaban J connectivity index is 2.22. The molecule has 0 bridgehead atoms. The van der Waals surface area contributed by atoms with Crippen molar-refractivity contribution in [1.29, 1.82) is 0 Å². The number of carbonyl (C=O) groups is 2. The number of allylic oxidation sites excluding steroid dienone is 7. The molecular formula is C35H31F10NO5. The molecule has 0 spiro atoms. The van der Waals surface area contributed by atoms with Gasteiger partial charge in [0.1, 0.15) is 17.4 Å². The molecule has 1 aliphatic carbocycles. The second-order valence-electron chi connectivity index (χ2n) is 11.3. The van der Waals surface area contributed by atoms with Crippen LogP contribution in [0.5, 0.6) is 11.5 Å². The quantitative estimate of drug-likeness (QED) is 0.0733. The summed E-state index contributed by atoms with van der Waals surface area (Å²) in [6, 6.07) is 4.98. The summed E-state index contributed by atoms with van der Waals surface area (Å²) in [6.07, 6.45) is -7.40. The van der Waals surface area contributed by atoms with Gasteiger partial charge in [-0.15, -0.1) is 0 Å². The number of carbonyl (C=O) groups excluding carboxylic acids is 1. The number of amides is 1. The second-order valence-corrected chi connectivity index (χ2v) is 11.3. The summed E-state index contributed by atoms with van der Waals surface area (Å²) in [5, 5.41) is 11.4. The van der Waals surface area contributed by atoms with Crippen molar-refractivity contribution in [1.82, 2.24) is 5.32 Å². The van der Waals surface area contributed by atoms with E-state index in [-0.39, 0.29) is 37.9 Å². The van der Waals surface area contributed by atoms with E-state index in [2.05, 4.69) is 16.6 Å². The van der Waals surface area contributed by atoms with Crippen molar-refractivity contribution in [3.05, 3.63) is 120 Å². The third-order valence-electron chi connectivity index (χ3n) is 7.34. The molecule has 16 heteroatoms. The van der Waals surface area contributed by atoms with Crippen molar-refractivity contribution in [3.63, 3.8) is 0 Å². The van der Waals surface area contributed by atoms with Gasteiger partial charge in [-0.3, -0.25) is 9.59 Å². The van der Waals surface area contributed by atoms with Crippen molar-refractivity contribution in [2.75, 3.05) is 6.61 Å². The lowest BCUT2D eigenvalue weighted by Gasteiger charge is -2.39. The number of aliphatic carboxylic acids is 1. The molecule has 0 aromatic heterocycles. The maximum Gasteiger partial charge on any atom is 0.461 e. The number of hydrogen-bond donors (Lipinski definition) is 2. The summed E-state index contributed by atoms with van der Waals surface area (Å²) in [7, 11) is 0. The molecule has 6 nitrogen and oxygen atoms in total.